The van der Waals surface area contributed by atoms with Crippen molar-refractivity contribution < 1.29 is 31.3 Å². The van der Waals surface area contributed by atoms with Gasteiger partial charge in [0.05, 0.1) is 18.0 Å². The molecule has 12 heteroatoms. The number of nitrogens with two attached hydrogens (primary N) is 1. The lowest BCUT2D eigenvalue weighted by atomic mass is 10.1. The molecule has 8 nitrogen and oxygen atoms in total. The molecule has 1 saturated heterocycles. The number of halogens is 3. The van der Waals surface area contributed by atoms with E-state index in [-0.39, 0.29) is 48.3 Å². The zero-order valence-electron chi connectivity index (χ0n) is 15.4. The van der Waals surface area contributed by atoms with E-state index < -0.39 is 27.8 Å². The monoisotopic (exact) mass is 553 g/mol. The van der Waals surface area contributed by atoms with E-state index >= 15 is 0 Å². The number of nitrogens with zero attached hydrogens (tertiary/aromatic N) is 1. The topological polar surface area (TPSA) is 122 Å². The number of nitrogens with one attached hydrogen (secondary N) is 1. The number of amides is 1. The maximum absolute atomic E-state index is 14.2. The molecule has 0 spiro atoms. The van der Waals surface area contributed by atoms with E-state index in [4.69, 9.17) is 15.0 Å². The van der Waals surface area contributed by atoms with Crippen molar-refractivity contribution in [3.8, 4) is 5.75 Å². The van der Waals surface area contributed by atoms with Gasteiger partial charge in [-0.3, -0.25) is 9.35 Å². The number of anilines is 2. The van der Waals surface area contributed by atoms with Crippen LogP contribution in [0, 0.1) is 21.1 Å². The third kappa shape index (κ3) is 5.36. The second-order valence-electron chi connectivity index (χ2n) is 6.74. The van der Waals surface area contributed by atoms with Gasteiger partial charge in [-0.2, -0.15) is 12.7 Å². The summed E-state index contributed by atoms with van der Waals surface area (Å²) in [5.74, 6) is -2.68. The first-order valence-electron chi connectivity index (χ1n) is 8.75. The molecule has 30 heavy (non-hydrogen) atoms. The fourth-order valence-corrected chi connectivity index (χ4v) is 4.32. The second kappa shape index (κ2) is 8.99. The van der Waals surface area contributed by atoms with E-state index in [0.29, 0.717) is 9.99 Å². The van der Waals surface area contributed by atoms with Gasteiger partial charge in [0.2, 0.25) is 0 Å². The van der Waals surface area contributed by atoms with Crippen molar-refractivity contribution in [3.63, 3.8) is 0 Å². The summed E-state index contributed by atoms with van der Waals surface area (Å²) in [6, 6.07) is 6.32. The van der Waals surface area contributed by atoms with Gasteiger partial charge in [-0.1, -0.05) is 0 Å². The van der Waals surface area contributed by atoms with Crippen LogP contribution in [0.15, 0.2) is 30.3 Å². The molecule has 0 bridgehead atoms. The average Bonchev–Trinajstić information content (AvgIpc) is 3.11. The number of primary amides is 1. The first-order valence-corrected chi connectivity index (χ1v) is 11.2. The minimum Gasteiger partial charge on any atom is -0.492 e. The van der Waals surface area contributed by atoms with Crippen LogP contribution in [0.2, 0.25) is 0 Å². The van der Waals surface area contributed by atoms with Crippen molar-refractivity contribution in [2.24, 2.45) is 11.7 Å². The fraction of sp³-hybridized carbons (Fsp3) is 0.278. The lowest BCUT2D eigenvalue weighted by molar-refractivity contribution is 0.0996. The number of hydrogen-bond acceptors (Lipinski definition) is 5. The number of ether oxygens (including phenoxy) is 1. The first kappa shape index (κ1) is 22.7. The standard InChI is InChI=1S/C18H18F2IN3O5S/c19-11-5-15(23-14-2-1-12(21)7-13(14)20)17(18(22)25)16(6-11)29-9-10-3-4-24(8-10)30(26,27)28/h1-2,5-7,10,23H,3-4,8-9H2,(H2,22,25)(H,26,27,28). The summed E-state index contributed by atoms with van der Waals surface area (Å²) < 4.78 is 67.0. The highest BCUT2D eigenvalue weighted by Crippen LogP contribution is 2.32. The fourth-order valence-electron chi connectivity index (χ4n) is 3.13. The van der Waals surface area contributed by atoms with E-state index in [2.05, 4.69) is 5.32 Å². The number of carbonyl (C=O) groups is 1. The van der Waals surface area contributed by atoms with Gasteiger partial charge in [-0.05, 0) is 53.3 Å². The second-order valence-corrected chi connectivity index (χ2v) is 9.40. The Balaban J connectivity index is 1.84. The number of benzene rings is 2. The molecule has 0 radical (unpaired) electrons. The molecule has 1 amide bonds. The van der Waals surface area contributed by atoms with Gasteiger partial charge in [0.15, 0.2) is 0 Å². The van der Waals surface area contributed by atoms with Crippen molar-refractivity contribution in [3.05, 3.63) is 51.1 Å². The number of rotatable bonds is 7. The zero-order chi connectivity index (χ0) is 22.1. The Bertz CT molecular complexity index is 1080. The van der Waals surface area contributed by atoms with E-state index in [1.807, 2.05) is 22.6 Å². The third-order valence-corrected chi connectivity index (χ3v) is 6.22. The van der Waals surface area contributed by atoms with E-state index in [1.165, 1.54) is 12.1 Å². The molecular weight excluding hydrogens is 535 g/mol. The minimum absolute atomic E-state index is 0.0223. The molecule has 1 unspecified atom stereocenters. The van der Waals surface area contributed by atoms with Gasteiger partial charge in [0, 0.05) is 28.6 Å². The van der Waals surface area contributed by atoms with Gasteiger partial charge in [-0.25, -0.2) is 8.78 Å². The summed E-state index contributed by atoms with van der Waals surface area (Å²) in [5.41, 5.74) is 5.24. The first-order chi connectivity index (χ1) is 14.0. The SMILES string of the molecule is NC(=O)c1c(Nc2ccc(I)cc2F)cc(F)cc1OCC1CCN(S(=O)(=O)O)C1. The van der Waals surface area contributed by atoms with Gasteiger partial charge in [-0.15, -0.1) is 0 Å². The van der Waals surface area contributed by atoms with Gasteiger partial charge in [0.1, 0.15) is 22.9 Å². The molecule has 2 aromatic carbocycles. The number of hydrogen-bond donors (Lipinski definition) is 3. The number of carbonyl (C=O) groups excluding carboxylic acids is 1. The predicted octanol–water partition coefficient (Wildman–Crippen LogP) is 2.92. The van der Waals surface area contributed by atoms with Gasteiger partial charge >= 0.3 is 10.3 Å². The summed E-state index contributed by atoms with van der Waals surface area (Å²) in [4.78, 5) is 12.0. The third-order valence-electron chi connectivity index (χ3n) is 4.56. The summed E-state index contributed by atoms with van der Waals surface area (Å²) in [6.45, 7) is 0.115. The van der Waals surface area contributed by atoms with Crippen molar-refractivity contribution in [2.45, 2.75) is 6.42 Å². The molecule has 4 N–H and O–H groups in total. The average molecular weight is 553 g/mol. The van der Waals surface area contributed by atoms with Crippen LogP contribution in [0.4, 0.5) is 20.2 Å². The Morgan fingerprint density at radius 2 is 2.03 bits per heavy atom. The Morgan fingerprint density at radius 3 is 2.63 bits per heavy atom. The highest BCUT2D eigenvalue weighted by Gasteiger charge is 2.31. The Morgan fingerprint density at radius 1 is 1.30 bits per heavy atom. The van der Waals surface area contributed by atoms with E-state index in [1.54, 1.807) is 6.07 Å². The highest BCUT2D eigenvalue weighted by atomic mass is 127. The summed E-state index contributed by atoms with van der Waals surface area (Å²) in [6.07, 6.45) is 0.417. The quantitative estimate of drug-likeness (QED) is 0.358. The van der Waals surface area contributed by atoms with Crippen LogP contribution in [0.3, 0.4) is 0 Å². The van der Waals surface area contributed by atoms with E-state index in [9.17, 15) is 22.0 Å². The Hall–Kier alpha value is -2.03. The molecule has 162 valence electrons. The van der Waals surface area contributed by atoms with Crippen molar-refractivity contribution in [1.82, 2.24) is 4.31 Å². The summed E-state index contributed by atoms with van der Waals surface area (Å²) >= 11 is 1.94. The summed E-state index contributed by atoms with van der Waals surface area (Å²) in [5, 5.41) is 2.67. The molecule has 1 atom stereocenters. The molecule has 3 rings (SSSR count). The molecule has 1 aliphatic heterocycles. The molecule has 1 fully saturated rings. The van der Waals surface area contributed by atoms with Crippen LogP contribution in [0.25, 0.3) is 0 Å². The van der Waals surface area contributed by atoms with Crippen LogP contribution < -0.4 is 15.8 Å². The maximum atomic E-state index is 14.2. The van der Waals surface area contributed by atoms with Crippen molar-refractivity contribution in [1.29, 1.82) is 0 Å². The Labute approximate surface area is 185 Å². The van der Waals surface area contributed by atoms with Crippen molar-refractivity contribution >= 4 is 50.2 Å². The van der Waals surface area contributed by atoms with Crippen molar-refractivity contribution in [2.75, 3.05) is 25.0 Å². The molecule has 2 aromatic rings. The largest absolute Gasteiger partial charge is 0.492 e. The van der Waals surface area contributed by atoms with Gasteiger partial charge < -0.3 is 15.8 Å². The molecule has 1 heterocycles. The normalized spacial score (nSPS) is 17.1. The van der Waals surface area contributed by atoms with E-state index in [0.717, 1.165) is 16.4 Å². The highest BCUT2D eigenvalue weighted by molar-refractivity contribution is 14.1. The summed E-state index contributed by atoms with van der Waals surface area (Å²) in [7, 11) is -4.30. The molecule has 1 aliphatic rings. The van der Waals surface area contributed by atoms with Gasteiger partial charge in [0.25, 0.3) is 5.91 Å². The maximum Gasteiger partial charge on any atom is 0.335 e. The smallest absolute Gasteiger partial charge is 0.335 e. The minimum atomic E-state index is -4.30. The molecule has 0 saturated carbocycles. The molecular formula is C18H18F2IN3O5S. The van der Waals surface area contributed by atoms with Crippen LogP contribution in [0.1, 0.15) is 16.8 Å². The van der Waals surface area contributed by atoms with Crippen LogP contribution in [-0.4, -0.2) is 42.9 Å². The molecule has 0 aliphatic carbocycles. The molecule has 0 aromatic heterocycles. The van der Waals surface area contributed by atoms with Crippen LogP contribution in [0.5, 0.6) is 5.75 Å². The Kier molecular flexibility index (Phi) is 6.79. The van der Waals surface area contributed by atoms with Crippen LogP contribution >= 0.6 is 22.6 Å². The predicted molar refractivity (Wildman–Crippen MR) is 114 cm³/mol. The van der Waals surface area contributed by atoms with Crippen LogP contribution in [-0.2, 0) is 10.3 Å². The zero-order valence-corrected chi connectivity index (χ0v) is 18.4. The lowest BCUT2D eigenvalue weighted by Crippen LogP contribution is -2.28. The lowest BCUT2D eigenvalue weighted by Gasteiger charge is -2.18.